The Morgan fingerprint density at radius 3 is 2.76 bits per heavy atom. The molecule has 1 heterocycles. The minimum Gasteiger partial charge on any atom is -0.496 e. The summed E-state index contributed by atoms with van der Waals surface area (Å²) in [5.74, 6) is 3.13. The molecule has 1 aromatic carbocycles. The van der Waals surface area contributed by atoms with Gasteiger partial charge in [0, 0.05) is 11.6 Å². The van der Waals surface area contributed by atoms with Gasteiger partial charge >= 0.3 is 0 Å². The van der Waals surface area contributed by atoms with E-state index in [1.807, 2.05) is 25.3 Å². The summed E-state index contributed by atoms with van der Waals surface area (Å²) in [7, 11) is 1.59. The van der Waals surface area contributed by atoms with Gasteiger partial charge in [0.2, 0.25) is 0 Å². The quantitative estimate of drug-likeness (QED) is 0.833. The lowest BCUT2D eigenvalue weighted by Crippen LogP contribution is -2.18. The van der Waals surface area contributed by atoms with Gasteiger partial charge in [-0.05, 0) is 43.5 Å². The first-order valence-electron chi connectivity index (χ1n) is 6.77. The van der Waals surface area contributed by atoms with Crippen LogP contribution in [0.25, 0.3) is 0 Å². The molecule has 1 aromatic heterocycles. The molecule has 1 atom stereocenters. The van der Waals surface area contributed by atoms with Gasteiger partial charge in [0.25, 0.3) is 0 Å². The number of nitrogens with one attached hydrogen (secondary N) is 1. The van der Waals surface area contributed by atoms with Crippen molar-refractivity contribution < 1.29 is 13.5 Å². The van der Waals surface area contributed by atoms with E-state index in [0.29, 0.717) is 12.3 Å². The van der Waals surface area contributed by atoms with Crippen LogP contribution in [-0.4, -0.2) is 13.4 Å². The third-order valence-electron chi connectivity index (χ3n) is 3.24. The maximum absolute atomic E-state index is 13.4. The summed E-state index contributed by atoms with van der Waals surface area (Å²) in [5.41, 5.74) is 0.799. The predicted molar refractivity (Wildman–Crippen MR) is 84.1 cm³/mol. The summed E-state index contributed by atoms with van der Waals surface area (Å²) in [5, 5.41) is 3.33. The molecule has 3 nitrogen and oxygen atoms in total. The Kier molecular flexibility index (Phi) is 5.70. The van der Waals surface area contributed by atoms with Crippen LogP contribution in [0, 0.1) is 5.82 Å². The van der Waals surface area contributed by atoms with Gasteiger partial charge in [-0.1, -0.05) is 0 Å². The van der Waals surface area contributed by atoms with Gasteiger partial charge in [0.05, 0.1) is 19.4 Å². The Morgan fingerprint density at radius 1 is 1.29 bits per heavy atom. The van der Waals surface area contributed by atoms with E-state index in [0.717, 1.165) is 22.8 Å². The average Bonchev–Trinajstić information content (AvgIpc) is 2.93. The van der Waals surface area contributed by atoms with Crippen molar-refractivity contribution in [3.63, 3.8) is 0 Å². The van der Waals surface area contributed by atoms with Crippen LogP contribution < -0.4 is 10.1 Å². The summed E-state index contributed by atoms with van der Waals surface area (Å²) in [6, 6.07) is 8.46. The number of methoxy groups -OCH3 is 1. The zero-order valence-electron chi connectivity index (χ0n) is 12.5. The summed E-state index contributed by atoms with van der Waals surface area (Å²) >= 11 is 1.72. The van der Waals surface area contributed by atoms with Crippen molar-refractivity contribution in [1.29, 1.82) is 0 Å². The van der Waals surface area contributed by atoms with Crippen molar-refractivity contribution in [3.8, 4) is 5.75 Å². The molecular formula is C16H20FNO2S. The molecule has 1 N–H and O–H groups in total. The molecule has 0 spiro atoms. The third kappa shape index (κ3) is 4.25. The molecular weight excluding hydrogens is 289 g/mol. The second-order valence-corrected chi connectivity index (χ2v) is 5.66. The molecule has 0 amide bonds. The predicted octanol–water partition coefficient (Wildman–Crippen LogP) is 4.14. The Bertz CT molecular complexity index is 585. The second-order valence-electron chi connectivity index (χ2n) is 4.79. The number of rotatable bonds is 7. The minimum absolute atomic E-state index is 0.0373. The Labute approximate surface area is 128 Å². The fourth-order valence-corrected chi connectivity index (χ4v) is 2.58. The van der Waals surface area contributed by atoms with Crippen LogP contribution in [0.2, 0.25) is 0 Å². The highest BCUT2D eigenvalue weighted by Crippen LogP contribution is 2.26. The van der Waals surface area contributed by atoms with E-state index in [1.165, 1.54) is 12.1 Å². The number of halogens is 1. The number of benzene rings is 1. The van der Waals surface area contributed by atoms with Crippen LogP contribution in [0.3, 0.4) is 0 Å². The molecule has 0 saturated carbocycles. The highest BCUT2D eigenvalue weighted by atomic mass is 32.2. The van der Waals surface area contributed by atoms with Crippen LogP contribution in [0.15, 0.2) is 34.7 Å². The van der Waals surface area contributed by atoms with E-state index in [-0.39, 0.29) is 11.9 Å². The van der Waals surface area contributed by atoms with Gasteiger partial charge in [-0.2, -0.15) is 11.8 Å². The first kappa shape index (κ1) is 15.9. The normalized spacial score (nSPS) is 12.4. The lowest BCUT2D eigenvalue weighted by molar-refractivity contribution is 0.394. The Hall–Kier alpha value is -1.46. The van der Waals surface area contributed by atoms with Crippen LogP contribution in [0.4, 0.5) is 4.39 Å². The van der Waals surface area contributed by atoms with Gasteiger partial charge in [-0.3, -0.25) is 0 Å². The Morgan fingerprint density at radius 2 is 2.05 bits per heavy atom. The van der Waals surface area contributed by atoms with Crippen LogP contribution >= 0.6 is 11.8 Å². The van der Waals surface area contributed by atoms with Crippen molar-refractivity contribution in [2.24, 2.45) is 0 Å². The van der Waals surface area contributed by atoms with E-state index >= 15 is 0 Å². The summed E-state index contributed by atoms with van der Waals surface area (Å²) < 4.78 is 24.4. The molecule has 2 aromatic rings. The molecule has 1 unspecified atom stereocenters. The van der Waals surface area contributed by atoms with Crippen molar-refractivity contribution in [3.05, 3.63) is 53.2 Å². The lowest BCUT2D eigenvalue weighted by Gasteiger charge is -2.16. The SMILES string of the molecule is COc1ccc(F)cc1C(C)NCc1ccc(CSC)o1. The standard InChI is InChI=1S/C16H20FNO2S/c1-11(15-8-12(17)4-7-16(15)19-2)18-9-13-5-6-14(20-13)10-21-3/h4-8,11,18H,9-10H2,1-3H3. The molecule has 0 aliphatic rings. The zero-order chi connectivity index (χ0) is 15.2. The van der Waals surface area contributed by atoms with Gasteiger partial charge in [0.15, 0.2) is 0 Å². The van der Waals surface area contributed by atoms with E-state index in [9.17, 15) is 4.39 Å². The van der Waals surface area contributed by atoms with Crippen molar-refractivity contribution in [2.45, 2.75) is 25.3 Å². The van der Waals surface area contributed by atoms with Crippen LogP contribution in [0.5, 0.6) is 5.75 Å². The number of hydrogen-bond acceptors (Lipinski definition) is 4. The van der Waals surface area contributed by atoms with Gasteiger partial charge in [-0.15, -0.1) is 0 Å². The monoisotopic (exact) mass is 309 g/mol. The van der Waals surface area contributed by atoms with Crippen LogP contribution in [0.1, 0.15) is 30.0 Å². The van der Waals surface area contributed by atoms with E-state index in [4.69, 9.17) is 9.15 Å². The molecule has 0 aliphatic heterocycles. The van der Waals surface area contributed by atoms with E-state index in [1.54, 1.807) is 24.9 Å². The first-order valence-corrected chi connectivity index (χ1v) is 8.16. The third-order valence-corrected chi connectivity index (χ3v) is 3.82. The summed E-state index contributed by atoms with van der Waals surface area (Å²) in [6.45, 7) is 2.57. The highest BCUT2D eigenvalue weighted by Gasteiger charge is 2.13. The highest BCUT2D eigenvalue weighted by molar-refractivity contribution is 7.97. The van der Waals surface area contributed by atoms with E-state index < -0.39 is 0 Å². The van der Waals surface area contributed by atoms with Crippen LogP contribution in [-0.2, 0) is 12.3 Å². The van der Waals surface area contributed by atoms with Crippen molar-refractivity contribution in [2.75, 3.05) is 13.4 Å². The minimum atomic E-state index is -0.264. The van der Waals surface area contributed by atoms with Gasteiger partial charge < -0.3 is 14.5 Å². The molecule has 0 fully saturated rings. The number of furan rings is 1. The fraction of sp³-hybridized carbons (Fsp3) is 0.375. The van der Waals surface area contributed by atoms with Crippen molar-refractivity contribution in [1.82, 2.24) is 5.32 Å². The number of thioether (sulfide) groups is 1. The fourth-order valence-electron chi connectivity index (χ4n) is 2.14. The summed E-state index contributed by atoms with van der Waals surface area (Å²) in [6.07, 6.45) is 2.04. The molecule has 0 saturated heterocycles. The van der Waals surface area contributed by atoms with Crippen molar-refractivity contribution >= 4 is 11.8 Å². The van der Waals surface area contributed by atoms with Gasteiger partial charge in [-0.25, -0.2) is 4.39 Å². The largest absolute Gasteiger partial charge is 0.496 e. The van der Waals surface area contributed by atoms with E-state index in [2.05, 4.69) is 5.32 Å². The second kappa shape index (κ2) is 7.52. The molecule has 114 valence electrons. The van der Waals surface area contributed by atoms with Gasteiger partial charge in [0.1, 0.15) is 23.1 Å². The zero-order valence-corrected chi connectivity index (χ0v) is 13.3. The topological polar surface area (TPSA) is 34.4 Å². The molecule has 0 aliphatic carbocycles. The summed E-state index contributed by atoms with van der Waals surface area (Å²) in [4.78, 5) is 0. The maximum atomic E-state index is 13.4. The molecule has 5 heteroatoms. The molecule has 0 radical (unpaired) electrons. The maximum Gasteiger partial charge on any atom is 0.123 e. The molecule has 0 bridgehead atoms. The number of ether oxygens (including phenoxy) is 1. The molecule has 21 heavy (non-hydrogen) atoms. The lowest BCUT2D eigenvalue weighted by atomic mass is 10.1. The average molecular weight is 309 g/mol. The number of hydrogen-bond donors (Lipinski definition) is 1. The first-order chi connectivity index (χ1) is 10.1. The Balaban J connectivity index is 2.00. The smallest absolute Gasteiger partial charge is 0.123 e. The molecule has 2 rings (SSSR count).